The van der Waals surface area contributed by atoms with Crippen LogP contribution < -0.4 is 10.6 Å². The van der Waals surface area contributed by atoms with Gasteiger partial charge in [-0.05, 0) is 53.3 Å². The largest absolute Gasteiger partial charge is 0.336 e. The summed E-state index contributed by atoms with van der Waals surface area (Å²) in [6, 6.07) is 6.77. The molecule has 3 rings (SSSR count). The van der Waals surface area contributed by atoms with Crippen LogP contribution in [0.4, 0.5) is 4.79 Å². The van der Waals surface area contributed by atoms with E-state index in [1.807, 2.05) is 12.1 Å². The van der Waals surface area contributed by atoms with Crippen molar-refractivity contribution < 1.29 is 14.4 Å². The van der Waals surface area contributed by atoms with Gasteiger partial charge in [-0.2, -0.15) is 0 Å². The second-order valence-electron chi connectivity index (χ2n) is 4.97. The van der Waals surface area contributed by atoms with Crippen LogP contribution in [0.1, 0.15) is 16.8 Å². The smallest absolute Gasteiger partial charge is 0.322 e. The van der Waals surface area contributed by atoms with E-state index in [2.05, 4.69) is 33.2 Å². The van der Waals surface area contributed by atoms with Gasteiger partial charge in [-0.1, -0.05) is 0 Å². The maximum atomic E-state index is 12.4. The van der Waals surface area contributed by atoms with Crippen LogP contribution >= 0.6 is 22.6 Å². The normalized spacial score (nSPS) is 24.9. The van der Waals surface area contributed by atoms with Gasteiger partial charge in [-0.15, -0.1) is 0 Å². The molecule has 2 heterocycles. The van der Waals surface area contributed by atoms with Crippen LogP contribution in [0.2, 0.25) is 0 Å². The first kappa shape index (κ1) is 13.3. The van der Waals surface area contributed by atoms with Gasteiger partial charge in [-0.25, -0.2) is 4.79 Å². The van der Waals surface area contributed by atoms with E-state index in [1.165, 1.54) is 0 Å². The van der Waals surface area contributed by atoms with E-state index in [-0.39, 0.29) is 18.4 Å². The van der Waals surface area contributed by atoms with Gasteiger partial charge >= 0.3 is 6.03 Å². The molecular formula is C13H12IN3O3. The molecule has 0 aromatic heterocycles. The molecule has 0 aliphatic carbocycles. The van der Waals surface area contributed by atoms with Crippen LogP contribution in [0.5, 0.6) is 0 Å². The molecule has 20 heavy (non-hydrogen) atoms. The van der Waals surface area contributed by atoms with Gasteiger partial charge in [-0.3, -0.25) is 14.9 Å². The number of nitrogens with zero attached hydrogens (tertiary/aromatic N) is 1. The fraction of sp³-hybridized carbons (Fsp3) is 0.308. The van der Waals surface area contributed by atoms with E-state index in [0.29, 0.717) is 18.5 Å². The van der Waals surface area contributed by atoms with Crippen LogP contribution in [0.15, 0.2) is 24.3 Å². The second-order valence-corrected chi connectivity index (χ2v) is 6.22. The van der Waals surface area contributed by atoms with Crippen molar-refractivity contribution in [1.29, 1.82) is 0 Å². The highest BCUT2D eigenvalue weighted by Gasteiger charge is 2.51. The zero-order valence-electron chi connectivity index (χ0n) is 10.5. The number of nitrogens with one attached hydrogen (secondary N) is 2. The first-order chi connectivity index (χ1) is 9.50. The highest BCUT2D eigenvalue weighted by Crippen LogP contribution is 2.26. The molecule has 1 spiro atoms. The Morgan fingerprint density at radius 3 is 2.55 bits per heavy atom. The number of carbonyl (C=O) groups is 3. The number of benzene rings is 1. The van der Waals surface area contributed by atoms with Gasteiger partial charge in [0.15, 0.2) is 0 Å². The molecule has 0 bridgehead atoms. The molecule has 2 aliphatic rings. The van der Waals surface area contributed by atoms with Crippen molar-refractivity contribution in [2.24, 2.45) is 0 Å². The summed E-state index contributed by atoms with van der Waals surface area (Å²) in [5.41, 5.74) is -0.358. The summed E-state index contributed by atoms with van der Waals surface area (Å²) in [7, 11) is 0. The standard InChI is InChI=1S/C13H12IN3O3/c14-9-3-1-8(2-4-9)10(18)17-6-5-13(7-17)11(19)15-12(20)16-13/h1-4H,5-7H2,(H2,15,16,19,20). The lowest BCUT2D eigenvalue weighted by Crippen LogP contribution is -2.49. The summed E-state index contributed by atoms with van der Waals surface area (Å²) in [6.45, 7) is 0.675. The Hall–Kier alpha value is -1.64. The average Bonchev–Trinajstić information content (AvgIpc) is 2.95. The first-order valence-corrected chi connectivity index (χ1v) is 7.26. The van der Waals surface area contributed by atoms with Gasteiger partial charge in [0.05, 0.1) is 6.54 Å². The third-order valence-electron chi connectivity index (χ3n) is 3.66. The van der Waals surface area contributed by atoms with E-state index in [4.69, 9.17) is 0 Å². The predicted molar refractivity (Wildman–Crippen MR) is 79.1 cm³/mol. The lowest BCUT2D eigenvalue weighted by Gasteiger charge is -2.21. The Bertz CT molecular complexity index is 601. The number of urea groups is 1. The summed E-state index contributed by atoms with van der Waals surface area (Å²) in [5.74, 6) is -0.465. The summed E-state index contributed by atoms with van der Waals surface area (Å²) in [5, 5.41) is 4.86. The fourth-order valence-corrected chi connectivity index (χ4v) is 2.93. The lowest BCUT2D eigenvalue weighted by atomic mass is 9.99. The van der Waals surface area contributed by atoms with Crippen molar-refractivity contribution in [3.8, 4) is 0 Å². The molecular weight excluding hydrogens is 373 g/mol. The number of amides is 4. The maximum Gasteiger partial charge on any atom is 0.322 e. The Morgan fingerprint density at radius 2 is 1.95 bits per heavy atom. The number of carbonyl (C=O) groups excluding carboxylic acids is 3. The van der Waals surface area contributed by atoms with Crippen LogP contribution in [-0.2, 0) is 4.79 Å². The van der Waals surface area contributed by atoms with Crippen molar-refractivity contribution in [2.75, 3.05) is 13.1 Å². The van der Waals surface area contributed by atoms with Gasteiger partial charge in [0, 0.05) is 15.7 Å². The summed E-state index contributed by atoms with van der Waals surface area (Å²) < 4.78 is 1.06. The Morgan fingerprint density at radius 1 is 1.25 bits per heavy atom. The predicted octanol–water partition coefficient (Wildman–Crippen LogP) is 0.715. The quantitative estimate of drug-likeness (QED) is 0.553. The molecule has 2 saturated heterocycles. The molecule has 2 N–H and O–H groups in total. The second kappa shape index (κ2) is 4.72. The zero-order valence-corrected chi connectivity index (χ0v) is 12.6. The number of hydrogen-bond donors (Lipinski definition) is 2. The van der Waals surface area contributed by atoms with Crippen molar-refractivity contribution in [2.45, 2.75) is 12.0 Å². The van der Waals surface area contributed by atoms with E-state index in [1.54, 1.807) is 17.0 Å². The molecule has 104 valence electrons. The molecule has 2 aliphatic heterocycles. The van der Waals surface area contributed by atoms with Crippen LogP contribution in [-0.4, -0.2) is 41.4 Å². The van der Waals surface area contributed by atoms with Crippen LogP contribution in [0.3, 0.4) is 0 Å². The fourth-order valence-electron chi connectivity index (χ4n) is 2.57. The monoisotopic (exact) mass is 385 g/mol. The van der Waals surface area contributed by atoms with Gasteiger partial charge in [0.1, 0.15) is 5.54 Å². The molecule has 1 unspecified atom stereocenters. The molecule has 0 radical (unpaired) electrons. The minimum Gasteiger partial charge on any atom is -0.336 e. The minimum atomic E-state index is -0.948. The van der Waals surface area contributed by atoms with E-state index in [0.717, 1.165) is 3.57 Å². The zero-order chi connectivity index (χ0) is 14.3. The molecule has 1 aromatic rings. The van der Waals surface area contributed by atoms with E-state index >= 15 is 0 Å². The third kappa shape index (κ3) is 2.15. The Balaban J connectivity index is 1.77. The lowest BCUT2D eigenvalue weighted by molar-refractivity contribution is -0.123. The SMILES string of the molecule is O=C1NC(=O)C2(CCN(C(=O)c3ccc(I)cc3)C2)N1. The van der Waals surface area contributed by atoms with E-state index in [9.17, 15) is 14.4 Å². The van der Waals surface area contributed by atoms with Crippen molar-refractivity contribution in [1.82, 2.24) is 15.5 Å². The molecule has 1 aromatic carbocycles. The van der Waals surface area contributed by atoms with Gasteiger partial charge in [0.25, 0.3) is 11.8 Å². The minimum absolute atomic E-state index is 0.118. The topological polar surface area (TPSA) is 78.5 Å². The average molecular weight is 385 g/mol. The molecule has 7 heteroatoms. The van der Waals surface area contributed by atoms with Crippen molar-refractivity contribution in [3.63, 3.8) is 0 Å². The summed E-state index contributed by atoms with van der Waals surface area (Å²) >= 11 is 2.17. The maximum absolute atomic E-state index is 12.4. The van der Waals surface area contributed by atoms with Crippen LogP contribution in [0.25, 0.3) is 0 Å². The first-order valence-electron chi connectivity index (χ1n) is 6.19. The summed E-state index contributed by atoms with van der Waals surface area (Å²) in [4.78, 5) is 37.0. The van der Waals surface area contributed by atoms with Crippen LogP contribution in [0, 0.1) is 3.57 Å². The number of likely N-dealkylation sites (tertiary alicyclic amines) is 1. The third-order valence-corrected chi connectivity index (χ3v) is 4.38. The van der Waals surface area contributed by atoms with Gasteiger partial charge in [0.2, 0.25) is 0 Å². The van der Waals surface area contributed by atoms with E-state index < -0.39 is 11.6 Å². The Kier molecular flexibility index (Phi) is 3.15. The highest BCUT2D eigenvalue weighted by molar-refractivity contribution is 14.1. The molecule has 2 fully saturated rings. The molecule has 6 nitrogen and oxygen atoms in total. The molecule has 1 atom stereocenters. The highest BCUT2D eigenvalue weighted by atomic mass is 127. The number of imide groups is 1. The number of hydrogen-bond acceptors (Lipinski definition) is 3. The molecule has 4 amide bonds. The Labute approximate surface area is 129 Å². The van der Waals surface area contributed by atoms with Crippen molar-refractivity contribution in [3.05, 3.63) is 33.4 Å². The summed E-state index contributed by atoms with van der Waals surface area (Å²) in [6.07, 6.45) is 0.445. The molecule has 0 saturated carbocycles. The van der Waals surface area contributed by atoms with Crippen molar-refractivity contribution >= 4 is 40.4 Å². The number of halogens is 1. The van der Waals surface area contributed by atoms with Gasteiger partial charge < -0.3 is 10.2 Å². The number of rotatable bonds is 1.